The molecule has 120 valence electrons. The third-order valence-electron chi connectivity index (χ3n) is 3.20. The summed E-state index contributed by atoms with van der Waals surface area (Å²) in [6.07, 6.45) is 0. The van der Waals surface area contributed by atoms with Gasteiger partial charge >= 0.3 is 6.03 Å². The van der Waals surface area contributed by atoms with Crippen LogP contribution in [0, 0.1) is 0 Å². The lowest BCUT2D eigenvalue weighted by Gasteiger charge is -2.15. The zero-order chi connectivity index (χ0) is 17.0. The van der Waals surface area contributed by atoms with Crippen LogP contribution in [0.2, 0.25) is 10.0 Å². The first-order valence-corrected chi connectivity index (χ1v) is 7.54. The second kappa shape index (κ2) is 7.35. The lowest BCUT2D eigenvalue weighted by atomic mass is 10.1. The highest BCUT2D eigenvalue weighted by molar-refractivity contribution is 6.35. The van der Waals surface area contributed by atoms with Gasteiger partial charge in [-0.3, -0.25) is 4.79 Å². The SMILES string of the molecule is C[C@@H](NC(=O)c1cc(Cl)ccc1Cl)c1ccc(NC(N)=O)cc1. The molecular weight excluding hydrogens is 337 g/mol. The molecule has 0 aliphatic rings. The third kappa shape index (κ3) is 4.61. The van der Waals surface area contributed by atoms with Crippen molar-refractivity contribution in [2.75, 3.05) is 5.32 Å². The van der Waals surface area contributed by atoms with Crippen molar-refractivity contribution >= 4 is 40.8 Å². The molecule has 1 atom stereocenters. The number of nitrogens with two attached hydrogens (primary N) is 1. The van der Waals surface area contributed by atoms with Crippen LogP contribution >= 0.6 is 23.2 Å². The average molecular weight is 352 g/mol. The number of halogens is 2. The van der Waals surface area contributed by atoms with Crippen LogP contribution in [0.4, 0.5) is 10.5 Å². The van der Waals surface area contributed by atoms with Crippen molar-refractivity contribution in [2.45, 2.75) is 13.0 Å². The van der Waals surface area contributed by atoms with Gasteiger partial charge in [-0.2, -0.15) is 0 Å². The first-order chi connectivity index (χ1) is 10.9. The largest absolute Gasteiger partial charge is 0.351 e. The minimum absolute atomic E-state index is 0.250. The van der Waals surface area contributed by atoms with Crippen molar-refractivity contribution in [1.82, 2.24) is 5.32 Å². The standard InChI is InChI=1S/C16H15Cl2N3O2/c1-9(10-2-5-12(6-3-10)21-16(19)23)20-15(22)13-8-11(17)4-7-14(13)18/h2-9H,1H3,(H,20,22)(H3,19,21,23)/t9-/m1/s1. The summed E-state index contributed by atoms with van der Waals surface area (Å²) in [4.78, 5) is 23.1. The van der Waals surface area contributed by atoms with Gasteiger partial charge in [-0.25, -0.2) is 4.79 Å². The molecule has 2 aromatic rings. The van der Waals surface area contributed by atoms with Crippen LogP contribution in [0.5, 0.6) is 0 Å². The Balaban J connectivity index is 2.09. The number of anilines is 1. The number of benzene rings is 2. The van der Waals surface area contributed by atoms with E-state index in [1.807, 2.05) is 6.92 Å². The van der Waals surface area contributed by atoms with Gasteiger partial charge in [-0.1, -0.05) is 35.3 Å². The van der Waals surface area contributed by atoms with Gasteiger partial charge in [0.1, 0.15) is 0 Å². The summed E-state index contributed by atoms with van der Waals surface area (Å²) in [5, 5.41) is 6.09. The second-order valence-electron chi connectivity index (χ2n) is 4.93. The molecule has 0 aromatic heterocycles. The number of hydrogen-bond donors (Lipinski definition) is 3. The predicted octanol–water partition coefficient (Wildman–Crippen LogP) is 3.98. The Morgan fingerprint density at radius 2 is 1.74 bits per heavy atom. The maximum Gasteiger partial charge on any atom is 0.316 e. The number of carbonyl (C=O) groups is 2. The predicted molar refractivity (Wildman–Crippen MR) is 92.0 cm³/mol. The summed E-state index contributed by atoms with van der Waals surface area (Å²) < 4.78 is 0. The summed E-state index contributed by atoms with van der Waals surface area (Å²) in [6, 6.07) is 10.8. The Morgan fingerprint density at radius 1 is 1.09 bits per heavy atom. The molecule has 0 saturated carbocycles. The van der Waals surface area contributed by atoms with Crippen molar-refractivity contribution in [3.63, 3.8) is 0 Å². The van der Waals surface area contributed by atoms with Gasteiger partial charge in [0.25, 0.3) is 5.91 Å². The molecule has 0 unspecified atom stereocenters. The van der Waals surface area contributed by atoms with E-state index in [-0.39, 0.29) is 11.9 Å². The number of carbonyl (C=O) groups excluding carboxylic acids is 2. The Labute approximate surface area is 143 Å². The molecule has 0 fully saturated rings. The molecule has 4 N–H and O–H groups in total. The quantitative estimate of drug-likeness (QED) is 0.778. The Bertz CT molecular complexity index is 733. The number of primary amides is 1. The fourth-order valence-corrected chi connectivity index (χ4v) is 2.40. The molecule has 0 bridgehead atoms. The van der Waals surface area contributed by atoms with Crippen molar-refractivity contribution in [3.8, 4) is 0 Å². The molecule has 23 heavy (non-hydrogen) atoms. The van der Waals surface area contributed by atoms with E-state index < -0.39 is 6.03 Å². The molecule has 7 heteroatoms. The smallest absolute Gasteiger partial charge is 0.316 e. The van der Waals surface area contributed by atoms with E-state index in [1.54, 1.807) is 36.4 Å². The van der Waals surface area contributed by atoms with Gasteiger partial charge in [-0.05, 0) is 42.8 Å². The van der Waals surface area contributed by atoms with E-state index in [0.29, 0.717) is 21.3 Å². The minimum atomic E-state index is -0.630. The van der Waals surface area contributed by atoms with Crippen molar-refractivity contribution in [3.05, 3.63) is 63.6 Å². The highest BCUT2D eigenvalue weighted by atomic mass is 35.5. The summed E-state index contributed by atoms with van der Waals surface area (Å²) in [5.41, 5.74) is 6.81. The summed E-state index contributed by atoms with van der Waals surface area (Å²) in [6.45, 7) is 1.84. The first kappa shape index (κ1) is 17.1. The molecule has 0 radical (unpaired) electrons. The summed E-state index contributed by atoms with van der Waals surface area (Å²) >= 11 is 11.9. The van der Waals surface area contributed by atoms with E-state index in [4.69, 9.17) is 28.9 Å². The molecule has 0 aliphatic carbocycles. The topological polar surface area (TPSA) is 84.2 Å². The Hall–Kier alpha value is -2.24. The molecule has 0 heterocycles. The van der Waals surface area contributed by atoms with Gasteiger partial charge in [0.05, 0.1) is 16.6 Å². The average Bonchev–Trinajstić information content (AvgIpc) is 2.49. The van der Waals surface area contributed by atoms with E-state index in [2.05, 4.69) is 10.6 Å². The fraction of sp³-hybridized carbons (Fsp3) is 0.125. The van der Waals surface area contributed by atoms with Crippen LogP contribution < -0.4 is 16.4 Å². The van der Waals surface area contributed by atoms with Crippen LogP contribution in [0.25, 0.3) is 0 Å². The maximum absolute atomic E-state index is 12.3. The molecule has 2 aromatic carbocycles. The van der Waals surface area contributed by atoms with Crippen molar-refractivity contribution in [1.29, 1.82) is 0 Å². The van der Waals surface area contributed by atoms with E-state index in [1.165, 1.54) is 6.07 Å². The van der Waals surface area contributed by atoms with Crippen molar-refractivity contribution < 1.29 is 9.59 Å². The van der Waals surface area contributed by atoms with Crippen LogP contribution in [0.15, 0.2) is 42.5 Å². The first-order valence-electron chi connectivity index (χ1n) is 6.79. The van der Waals surface area contributed by atoms with Gasteiger partial charge in [0.2, 0.25) is 0 Å². The van der Waals surface area contributed by atoms with Gasteiger partial charge < -0.3 is 16.4 Å². The third-order valence-corrected chi connectivity index (χ3v) is 3.76. The zero-order valence-corrected chi connectivity index (χ0v) is 13.8. The molecule has 3 amide bonds. The summed E-state index contributed by atoms with van der Waals surface area (Å²) in [5.74, 6) is -0.315. The van der Waals surface area contributed by atoms with Crippen LogP contribution in [0.1, 0.15) is 28.9 Å². The highest BCUT2D eigenvalue weighted by Crippen LogP contribution is 2.22. The lowest BCUT2D eigenvalue weighted by Crippen LogP contribution is -2.27. The van der Waals surface area contributed by atoms with E-state index in [0.717, 1.165) is 5.56 Å². The van der Waals surface area contributed by atoms with Gasteiger partial charge in [0, 0.05) is 10.7 Å². The Kier molecular flexibility index (Phi) is 5.47. The van der Waals surface area contributed by atoms with Crippen molar-refractivity contribution in [2.24, 2.45) is 5.73 Å². The molecular formula is C16H15Cl2N3O2. The number of rotatable bonds is 4. The van der Waals surface area contributed by atoms with Crippen LogP contribution in [0.3, 0.4) is 0 Å². The molecule has 2 rings (SSSR count). The minimum Gasteiger partial charge on any atom is -0.351 e. The number of nitrogens with one attached hydrogen (secondary N) is 2. The second-order valence-corrected chi connectivity index (χ2v) is 5.77. The normalized spacial score (nSPS) is 11.6. The van der Waals surface area contributed by atoms with Gasteiger partial charge in [-0.15, -0.1) is 0 Å². The van der Waals surface area contributed by atoms with Crippen LogP contribution in [-0.2, 0) is 0 Å². The molecule has 0 spiro atoms. The molecule has 5 nitrogen and oxygen atoms in total. The Morgan fingerprint density at radius 3 is 2.35 bits per heavy atom. The van der Waals surface area contributed by atoms with E-state index in [9.17, 15) is 9.59 Å². The fourth-order valence-electron chi connectivity index (χ4n) is 2.03. The maximum atomic E-state index is 12.3. The molecule has 0 saturated heterocycles. The molecule has 0 aliphatic heterocycles. The highest BCUT2D eigenvalue weighted by Gasteiger charge is 2.14. The number of urea groups is 1. The van der Waals surface area contributed by atoms with Crippen LogP contribution in [-0.4, -0.2) is 11.9 Å². The zero-order valence-electron chi connectivity index (χ0n) is 12.3. The van der Waals surface area contributed by atoms with Gasteiger partial charge in [0.15, 0.2) is 0 Å². The number of amides is 3. The summed E-state index contributed by atoms with van der Waals surface area (Å²) in [7, 11) is 0. The number of hydrogen-bond acceptors (Lipinski definition) is 2. The lowest BCUT2D eigenvalue weighted by molar-refractivity contribution is 0.0940. The van der Waals surface area contributed by atoms with E-state index >= 15 is 0 Å². The monoisotopic (exact) mass is 351 g/mol.